The van der Waals surface area contributed by atoms with Crippen molar-refractivity contribution in [3.8, 4) is 50.9 Å². The van der Waals surface area contributed by atoms with E-state index in [2.05, 4.69) is 232 Å². The van der Waals surface area contributed by atoms with Crippen molar-refractivity contribution >= 4 is 32.8 Å². The van der Waals surface area contributed by atoms with Gasteiger partial charge < -0.3 is 4.74 Å². The van der Waals surface area contributed by atoms with Gasteiger partial charge in [-0.1, -0.05) is 152 Å². The Bertz CT molecular complexity index is 3450. The molecule has 3 aromatic heterocycles. The molecule has 5 heteroatoms. The van der Waals surface area contributed by atoms with Gasteiger partial charge in [0.05, 0.1) is 33.4 Å². The summed E-state index contributed by atoms with van der Waals surface area (Å²) in [6, 6.07) is 60.8. The lowest BCUT2D eigenvalue weighted by Crippen LogP contribution is -2.33. The molecule has 1 aliphatic carbocycles. The summed E-state index contributed by atoms with van der Waals surface area (Å²) in [5.74, 6) is 2.38. The van der Waals surface area contributed by atoms with Crippen LogP contribution >= 0.6 is 0 Å². The lowest BCUT2D eigenvalue weighted by molar-refractivity contribution is -0.572. The van der Waals surface area contributed by atoms with Crippen molar-refractivity contribution in [3.63, 3.8) is 0 Å². The van der Waals surface area contributed by atoms with Crippen molar-refractivity contribution in [2.24, 2.45) is 0 Å². The first kappa shape index (κ1) is 40.5. The van der Waals surface area contributed by atoms with E-state index in [1.807, 2.05) is 12.3 Å². The fourth-order valence-electron chi connectivity index (χ4n) is 10.1. The largest absolute Gasteiger partial charge is 0.458 e. The second kappa shape index (κ2) is 15.2. The van der Waals surface area contributed by atoms with Crippen LogP contribution in [0, 0.1) is 6.33 Å². The third kappa shape index (κ3) is 7.02. The van der Waals surface area contributed by atoms with Crippen molar-refractivity contribution in [1.29, 1.82) is 0 Å². The molecule has 10 aromatic rings. The van der Waals surface area contributed by atoms with Crippen LogP contribution < -0.4 is 9.30 Å². The molecule has 0 aliphatic heterocycles. The van der Waals surface area contributed by atoms with Gasteiger partial charge in [0.25, 0.3) is 6.33 Å². The Morgan fingerprint density at radius 3 is 2.06 bits per heavy atom. The molecule has 0 fully saturated rings. The first-order valence-corrected chi connectivity index (χ1v) is 22.9. The number of benzene rings is 7. The summed E-state index contributed by atoms with van der Waals surface area (Å²) in [5.41, 5.74) is 15.5. The zero-order chi connectivity index (χ0) is 44.7. The van der Waals surface area contributed by atoms with Crippen LogP contribution in [0.25, 0.3) is 72.3 Å². The minimum atomic E-state index is -0.0121. The van der Waals surface area contributed by atoms with E-state index in [4.69, 9.17) is 9.72 Å². The Balaban J connectivity index is 1.02. The number of fused-ring (bicyclic) bond motifs is 5. The fourth-order valence-corrected chi connectivity index (χ4v) is 10.1. The maximum atomic E-state index is 6.77. The summed E-state index contributed by atoms with van der Waals surface area (Å²) in [4.78, 5) is 4.89. The molecule has 11 rings (SSSR count). The van der Waals surface area contributed by atoms with Crippen LogP contribution in [-0.2, 0) is 16.2 Å². The summed E-state index contributed by atoms with van der Waals surface area (Å²) in [6.07, 6.45) is 8.08. The van der Waals surface area contributed by atoms with Crippen molar-refractivity contribution in [2.75, 3.05) is 0 Å². The fraction of sp³-hybridized carbons (Fsp3) is 0.200. The van der Waals surface area contributed by atoms with Gasteiger partial charge in [0.2, 0.25) is 0 Å². The van der Waals surface area contributed by atoms with Gasteiger partial charge in [0.1, 0.15) is 17.3 Å². The minimum absolute atomic E-state index is 0.0121. The van der Waals surface area contributed by atoms with Gasteiger partial charge in [-0.2, -0.15) is 0 Å². The molecule has 0 amide bonds. The van der Waals surface area contributed by atoms with Crippen molar-refractivity contribution < 1.29 is 9.30 Å². The number of imidazole rings is 1. The zero-order valence-electron chi connectivity index (χ0n) is 38.4. The third-order valence-electron chi connectivity index (χ3n) is 13.9. The SMILES string of the molecule is CC(C)(C)c1ccnc(-n2c3ccccc3c3ccc(Oc4cccc(-n5[c-][n+](-c6ccccc6)c6c(-c7ccccc7-c7ccc8c(c7)C(C)(C)CCC8(C)C)cccc65)c4)cc32)c1. The molecule has 0 atom stereocenters. The van der Waals surface area contributed by atoms with Crippen molar-refractivity contribution in [2.45, 2.75) is 77.6 Å². The molecule has 7 aromatic carbocycles. The average molecular weight is 847 g/mol. The van der Waals surface area contributed by atoms with Crippen LogP contribution in [0.2, 0.25) is 0 Å². The summed E-state index contributed by atoms with van der Waals surface area (Å²) >= 11 is 0. The predicted molar refractivity (Wildman–Crippen MR) is 267 cm³/mol. The van der Waals surface area contributed by atoms with E-state index in [-0.39, 0.29) is 16.2 Å². The van der Waals surface area contributed by atoms with Crippen LogP contribution in [0.3, 0.4) is 0 Å². The van der Waals surface area contributed by atoms with Crippen LogP contribution in [0.1, 0.15) is 78.0 Å². The third-order valence-corrected chi connectivity index (χ3v) is 13.9. The molecule has 320 valence electrons. The molecule has 0 saturated heterocycles. The van der Waals surface area contributed by atoms with E-state index in [0.717, 1.165) is 61.7 Å². The van der Waals surface area contributed by atoms with E-state index in [1.54, 1.807) is 0 Å². The van der Waals surface area contributed by atoms with E-state index in [0.29, 0.717) is 0 Å². The number of ether oxygens (including phenoxy) is 1. The number of aromatic nitrogens is 4. The smallest absolute Gasteiger partial charge is 0.269 e. The molecular weight excluding hydrogens is 793 g/mol. The molecule has 3 heterocycles. The Morgan fingerprint density at radius 2 is 1.25 bits per heavy atom. The number of pyridine rings is 1. The molecule has 5 nitrogen and oxygen atoms in total. The number of nitrogens with zero attached hydrogens (tertiary/aromatic N) is 4. The van der Waals surface area contributed by atoms with Gasteiger partial charge in [-0.05, 0) is 129 Å². The van der Waals surface area contributed by atoms with E-state index >= 15 is 0 Å². The molecule has 0 unspecified atom stereocenters. The first-order chi connectivity index (χ1) is 31.3. The topological polar surface area (TPSA) is 35.9 Å². The normalized spacial score (nSPS) is 14.5. The first-order valence-electron chi connectivity index (χ1n) is 22.9. The maximum Gasteiger partial charge on any atom is 0.269 e. The van der Waals surface area contributed by atoms with Crippen LogP contribution in [0.5, 0.6) is 11.5 Å². The molecule has 0 bridgehead atoms. The molecule has 0 N–H and O–H groups in total. The highest BCUT2D eigenvalue weighted by molar-refractivity contribution is 6.09. The van der Waals surface area contributed by atoms with Gasteiger partial charge in [-0.25, -0.2) is 4.98 Å². The van der Waals surface area contributed by atoms with Gasteiger partial charge in [-0.15, -0.1) is 0 Å². The van der Waals surface area contributed by atoms with Crippen LogP contribution in [0.15, 0.2) is 176 Å². The molecule has 65 heavy (non-hydrogen) atoms. The molecular formula is C60H54N4O. The van der Waals surface area contributed by atoms with Crippen LogP contribution in [0.4, 0.5) is 0 Å². The predicted octanol–water partition coefficient (Wildman–Crippen LogP) is 15.0. The van der Waals surface area contributed by atoms with Crippen LogP contribution in [-0.4, -0.2) is 14.1 Å². The highest BCUT2D eigenvalue weighted by atomic mass is 16.5. The van der Waals surface area contributed by atoms with Crippen molar-refractivity contribution in [1.82, 2.24) is 14.1 Å². The zero-order valence-corrected chi connectivity index (χ0v) is 38.4. The Labute approximate surface area is 382 Å². The molecule has 1 aliphatic rings. The van der Waals surface area contributed by atoms with E-state index in [1.165, 1.54) is 51.6 Å². The number of hydrogen-bond donors (Lipinski definition) is 0. The highest BCUT2D eigenvalue weighted by Crippen LogP contribution is 2.48. The van der Waals surface area contributed by atoms with Gasteiger partial charge >= 0.3 is 0 Å². The molecule has 0 radical (unpaired) electrons. The quantitative estimate of drug-likeness (QED) is 0.118. The Morgan fingerprint density at radius 1 is 0.569 bits per heavy atom. The van der Waals surface area contributed by atoms with Gasteiger partial charge in [-0.3, -0.25) is 13.7 Å². The second-order valence-electron chi connectivity index (χ2n) is 20.1. The Kier molecular flexibility index (Phi) is 9.48. The monoisotopic (exact) mass is 846 g/mol. The van der Waals surface area contributed by atoms with E-state index in [9.17, 15) is 0 Å². The van der Waals surface area contributed by atoms with E-state index < -0.39 is 0 Å². The summed E-state index contributed by atoms with van der Waals surface area (Å²) in [6.45, 7) is 16.3. The highest BCUT2D eigenvalue weighted by Gasteiger charge is 2.37. The summed E-state index contributed by atoms with van der Waals surface area (Å²) in [5, 5.41) is 2.33. The summed E-state index contributed by atoms with van der Waals surface area (Å²) in [7, 11) is 0. The lowest BCUT2D eigenvalue weighted by Gasteiger charge is -2.42. The molecule has 0 saturated carbocycles. The van der Waals surface area contributed by atoms with Gasteiger partial charge in [0, 0.05) is 23.0 Å². The number of para-hydroxylation sites is 3. The second-order valence-corrected chi connectivity index (χ2v) is 20.1. The molecule has 0 spiro atoms. The Hall–Kier alpha value is -7.24. The lowest BCUT2D eigenvalue weighted by atomic mass is 9.63. The maximum absolute atomic E-state index is 6.77. The standard InChI is InChI=1S/C60H54N4O/c1-58(2,3)41-31-34-61-56(36-41)64-53-25-14-13-23-48(53)49-29-28-45(38-55(49)64)65-44-20-15-19-43(37-44)62-39-63(42-17-9-8-10-18-42)57-50(24-16-26-54(57)62)47-22-12-11-21-46(47)40-27-30-51-52(35-40)60(6,7)33-32-59(51,4)5/h8-31,34-38H,32-33H2,1-7H3. The van der Waals surface area contributed by atoms with Crippen molar-refractivity contribution in [3.05, 3.63) is 199 Å². The summed E-state index contributed by atoms with van der Waals surface area (Å²) < 4.78 is 13.4. The minimum Gasteiger partial charge on any atom is -0.458 e. The number of rotatable bonds is 7. The number of hydrogen-bond acceptors (Lipinski definition) is 2. The average Bonchev–Trinajstić information content (AvgIpc) is 3.87. The van der Waals surface area contributed by atoms with Gasteiger partial charge in [0.15, 0.2) is 0 Å².